The SMILES string of the molecule is CCNc1cc(NCC2(CCO)CC2)nc(C(C)C)n1. The van der Waals surface area contributed by atoms with Gasteiger partial charge in [-0.15, -0.1) is 0 Å². The molecule has 1 fully saturated rings. The van der Waals surface area contributed by atoms with Gasteiger partial charge in [-0.3, -0.25) is 0 Å². The van der Waals surface area contributed by atoms with Crippen LogP contribution in [-0.2, 0) is 0 Å². The van der Waals surface area contributed by atoms with Crippen molar-refractivity contribution in [1.29, 1.82) is 0 Å². The Morgan fingerprint density at radius 3 is 2.40 bits per heavy atom. The highest BCUT2D eigenvalue weighted by Gasteiger charge is 2.41. The van der Waals surface area contributed by atoms with Gasteiger partial charge in [0.1, 0.15) is 17.5 Å². The number of aliphatic hydroxyl groups excluding tert-OH is 1. The highest BCUT2D eigenvalue weighted by atomic mass is 16.3. The van der Waals surface area contributed by atoms with Gasteiger partial charge in [0.05, 0.1) is 0 Å². The molecular weight excluding hydrogens is 252 g/mol. The summed E-state index contributed by atoms with van der Waals surface area (Å²) in [5.41, 5.74) is 0.288. The Labute approximate surface area is 121 Å². The normalized spacial score (nSPS) is 16.2. The summed E-state index contributed by atoms with van der Waals surface area (Å²) in [6.07, 6.45) is 3.27. The lowest BCUT2D eigenvalue weighted by atomic mass is 10.0. The van der Waals surface area contributed by atoms with E-state index in [1.807, 2.05) is 6.07 Å². The van der Waals surface area contributed by atoms with Gasteiger partial charge in [0.15, 0.2) is 0 Å². The molecule has 0 atom stereocenters. The third-order valence-corrected chi connectivity index (χ3v) is 3.86. The zero-order valence-electron chi connectivity index (χ0n) is 12.7. The van der Waals surface area contributed by atoms with E-state index in [-0.39, 0.29) is 12.0 Å². The number of aliphatic hydroxyl groups is 1. The van der Waals surface area contributed by atoms with E-state index in [0.717, 1.165) is 37.0 Å². The van der Waals surface area contributed by atoms with Crippen LogP contribution in [0.4, 0.5) is 11.6 Å². The Kier molecular flexibility index (Phi) is 4.81. The van der Waals surface area contributed by atoms with Crippen molar-refractivity contribution in [1.82, 2.24) is 9.97 Å². The van der Waals surface area contributed by atoms with Gasteiger partial charge >= 0.3 is 0 Å². The Hall–Kier alpha value is -1.36. The average molecular weight is 278 g/mol. The van der Waals surface area contributed by atoms with Crippen molar-refractivity contribution < 1.29 is 5.11 Å². The van der Waals surface area contributed by atoms with Crippen LogP contribution in [0.1, 0.15) is 51.8 Å². The molecule has 1 aliphatic rings. The highest BCUT2D eigenvalue weighted by Crippen LogP contribution is 2.48. The molecule has 0 amide bonds. The number of nitrogens with zero attached hydrogens (tertiary/aromatic N) is 2. The maximum absolute atomic E-state index is 9.11. The second kappa shape index (κ2) is 6.39. The molecule has 1 aliphatic carbocycles. The summed E-state index contributed by atoms with van der Waals surface area (Å²) in [6, 6.07) is 1.96. The Morgan fingerprint density at radius 2 is 1.90 bits per heavy atom. The standard InChI is InChI=1S/C15H26N4O/c1-4-16-12-9-13(19-14(18-12)11(2)3)17-10-15(5-6-15)7-8-20/h9,11,20H,4-8,10H2,1-3H3,(H2,16,17,18,19). The number of hydrogen-bond donors (Lipinski definition) is 3. The van der Waals surface area contributed by atoms with Crippen molar-refractivity contribution >= 4 is 11.6 Å². The molecule has 5 nitrogen and oxygen atoms in total. The van der Waals surface area contributed by atoms with Gasteiger partial charge in [0.25, 0.3) is 0 Å². The van der Waals surface area contributed by atoms with Crippen LogP contribution in [0.5, 0.6) is 0 Å². The summed E-state index contributed by atoms with van der Waals surface area (Å²) < 4.78 is 0. The van der Waals surface area contributed by atoms with Gasteiger partial charge in [-0.1, -0.05) is 13.8 Å². The molecule has 0 aromatic carbocycles. The first-order valence-electron chi connectivity index (χ1n) is 7.56. The first kappa shape index (κ1) is 15.0. The van der Waals surface area contributed by atoms with Crippen molar-refractivity contribution in [2.24, 2.45) is 5.41 Å². The summed E-state index contributed by atoms with van der Waals surface area (Å²) in [6.45, 7) is 8.26. The molecule has 1 saturated carbocycles. The van der Waals surface area contributed by atoms with Crippen molar-refractivity contribution in [3.63, 3.8) is 0 Å². The van der Waals surface area contributed by atoms with E-state index in [4.69, 9.17) is 5.11 Å². The fourth-order valence-electron chi connectivity index (χ4n) is 2.29. The minimum absolute atomic E-state index is 0.269. The summed E-state index contributed by atoms with van der Waals surface area (Å²) in [7, 11) is 0. The van der Waals surface area contributed by atoms with E-state index in [0.29, 0.717) is 5.92 Å². The molecular formula is C15H26N4O. The van der Waals surface area contributed by atoms with Crippen LogP contribution in [0.3, 0.4) is 0 Å². The van der Waals surface area contributed by atoms with Crippen LogP contribution in [0.25, 0.3) is 0 Å². The lowest BCUT2D eigenvalue weighted by Crippen LogP contribution is -2.18. The maximum Gasteiger partial charge on any atom is 0.135 e. The van der Waals surface area contributed by atoms with Crippen LogP contribution in [-0.4, -0.2) is 34.8 Å². The summed E-state index contributed by atoms with van der Waals surface area (Å²) in [5.74, 6) is 2.92. The fourth-order valence-corrected chi connectivity index (χ4v) is 2.29. The Bertz CT molecular complexity index is 443. The molecule has 20 heavy (non-hydrogen) atoms. The molecule has 5 heteroatoms. The maximum atomic E-state index is 9.11. The molecule has 1 aromatic heterocycles. The minimum atomic E-state index is 0.269. The fraction of sp³-hybridized carbons (Fsp3) is 0.733. The van der Waals surface area contributed by atoms with Gasteiger partial charge in [-0.05, 0) is 31.6 Å². The van der Waals surface area contributed by atoms with E-state index in [1.165, 1.54) is 12.8 Å². The van der Waals surface area contributed by atoms with Gasteiger partial charge < -0.3 is 15.7 Å². The molecule has 0 unspecified atom stereocenters. The van der Waals surface area contributed by atoms with E-state index in [9.17, 15) is 0 Å². The van der Waals surface area contributed by atoms with E-state index >= 15 is 0 Å². The first-order chi connectivity index (χ1) is 9.58. The number of hydrogen-bond acceptors (Lipinski definition) is 5. The smallest absolute Gasteiger partial charge is 0.135 e. The van der Waals surface area contributed by atoms with Crippen LogP contribution >= 0.6 is 0 Å². The third kappa shape index (κ3) is 3.82. The van der Waals surface area contributed by atoms with Crippen LogP contribution in [0, 0.1) is 5.41 Å². The number of anilines is 2. The van der Waals surface area contributed by atoms with E-state index in [2.05, 4.69) is 41.4 Å². The van der Waals surface area contributed by atoms with Gasteiger partial charge in [-0.2, -0.15) is 0 Å². The van der Waals surface area contributed by atoms with Crippen LogP contribution in [0.15, 0.2) is 6.07 Å². The minimum Gasteiger partial charge on any atom is -0.396 e. The van der Waals surface area contributed by atoms with E-state index < -0.39 is 0 Å². The predicted octanol–water partition coefficient (Wildman–Crippen LogP) is 2.61. The summed E-state index contributed by atoms with van der Waals surface area (Å²) in [5, 5.41) is 15.8. The predicted molar refractivity (Wildman–Crippen MR) is 82.1 cm³/mol. The first-order valence-corrected chi connectivity index (χ1v) is 7.56. The van der Waals surface area contributed by atoms with Crippen molar-refractivity contribution in [3.05, 3.63) is 11.9 Å². The lowest BCUT2D eigenvalue weighted by molar-refractivity contribution is 0.253. The molecule has 1 heterocycles. The Morgan fingerprint density at radius 1 is 1.25 bits per heavy atom. The molecule has 2 rings (SSSR count). The molecule has 0 spiro atoms. The monoisotopic (exact) mass is 278 g/mol. The summed E-state index contributed by atoms with van der Waals surface area (Å²) >= 11 is 0. The third-order valence-electron chi connectivity index (χ3n) is 3.86. The van der Waals surface area contributed by atoms with Gasteiger partial charge in [0.2, 0.25) is 0 Å². The average Bonchev–Trinajstić information content (AvgIpc) is 3.17. The molecule has 112 valence electrons. The number of aromatic nitrogens is 2. The highest BCUT2D eigenvalue weighted by molar-refractivity contribution is 5.48. The summed E-state index contributed by atoms with van der Waals surface area (Å²) in [4.78, 5) is 9.10. The van der Waals surface area contributed by atoms with Crippen molar-refractivity contribution in [2.45, 2.75) is 46.0 Å². The van der Waals surface area contributed by atoms with Gasteiger partial charge in [0, 0.05) is 31.7 Å². The molecule has 1 aromatic rings. The molecule has 0 radical (unpaired) electrons. The Balaban J connectivity index is 2.06. The topological polar surface area (TPSA) is 70.1 Å². The van der Waals surface area contributed by atoms with Crippen LogP contribution in [0.2, 0.25) is 0 Å². The van der Waals surface area contributed by atoms with Crippen molar-refractivity contribution in [2.75, 3.05) is 30.3 Å². The van der Waals surface area contributed by atoms with Gasteiger partial charge in [-0.25, -0.2) is 9.97 Å². The second-order valence-corrected chi connectivity index (χ2v) is 6.01. The zero-order valence-corrected chi connectivity index (χ0v) is 12.7. The largest absolute Gasteiger partial charge is 0.396 e. The second-order valence-electron chi connectivity index (χ2n) is 6.01. The molecule has 0 bridgehead atoms. The lowest BCUT2D eigenvalue weighted by Gasteiger charge is -2.17. The quantitative estimate of drug-likeness (QED) is 0.682. The van der Waals surface area contributed by atoms with E-state index in [1.54, 1.807) is 0 Å². The molecule has 3 N–H and O–H groups in total. The molecule has 0 saturated heterocycles. The number of nitrogens with one attached hydrogen (secondary N) is 2. The van der Waals surface area contributed by atoms with Crippen molar-refractivity contribution in [3.8, 4) is 0 Å². The van der Waals surface area contributed by atoms with Crippen LogP contribution < -0.4 is 10.6 Å². The molecule has 0 aliphatic heterocycles. The zero-order chi connectivity index (χ0) is 14.6. The number of rotatable bonds is 8.